The summed E-state index contributed by atoms with van der Waals surface area (Å²) in [5.41, 5.74) is 0. The largest absolute Gasteiger partial charge is 0.282 e. The SMILES string of the molecule is CCCCSC1CC(=O)N(CC)C1=O. The summed E-state index contributed by atoms with van der Waals surface area (Å²) in [6, 6.07) is 0. The van der Waals surface area contributed by atoms with E-state index in [2.05, 4.69) is 6.92 Å². The molecular formula is C10H17NO2S. The van der Waals surface area contributed by atoms with Crippen molar-refractivity contribution in [2.45, 2.75) is 38.4 Å². The van der Waals surface area contributed by atoms with Gasteiger partial charge in [-0.2, -0.15) is 0 Å². The first-order valence-electron chi connectivity index (χ1n) is 5.16. The third-order valence-electron chi connectivity index (χ3n) is 2.34. The molecule has 0 aliphatic carbocycles. The van der Waals surface area contributed by atoms with E-state index in [0.717, 1.165) is 18.6 Å². The van der Waals surface area contributed by atoms with Crippen LogP contribution >= 0.6 is 11.8 Å². The van der Waals surface area contributed by atoms with E-state index in [4.69, 9.17) is 0 Å². The zero-order valence-electron chi connectivity index (χ0n) is 8.78. The second kappa shape index (κ2) is 5.39. The molecule has 0 N–H and O–H groups in total. The first-order valence-corrected chi connectivity index (χ1v) is 6.21. The number of rotatable bonds is 5. The van der Waals surface area contributed by atoms with Crippen molar-refractivity contribution in [1.29, 1.82) is 0 Å². The fourth-order valence-corrected chi connectivity index (χ4v) is 2.76. The highest BCUT2D eigenvalue weighted by atomic mass is 32.2. The van der Waals surface area contributed by atoms with E-state index in [1.54, 1.807) is 11.8 Å². The molecule has 0 aromatic carbocycles. The Labute approximate surface area is 89.2 Å². The molecular weight excluding hydrogens is 198 g/mol. The van der Waals surface area contributed by atoms with Gasteiger partial charge < -0.3 is 0 Å². The first-order chi connectivity index (χ1) is 6.70. The summed E-state index contributed by atoms with van der Waals surface area (Å²) in [4.78, 5) is 24.3. The van der Waals surface area contributed by atoms with Crippen LogP contribution in [0, 0.1) is 0 Å². The molecule has 1 atom stereocenters. The highest BCUT2D eigenvalue weighted by Crippen LogP contribution is 2.25. The van der Waals surface area contributed by atoms with Gasteiger partial charge in [-0.15, -0.1) is 11.8 Å². The van der Waals surface area contributed by atoms with E-state index in [1.165, 1.54) is 4.90 Å². The van der Waals surface area contributed by atoms with Crippen molar-refractivity contribution < 1.29 is 9.59 Å². The smallest absolute Gasteiger partial charge is 0.242 e. The van der Waals surface area contributed by atoms with Crippen molar-refractivity contribution in [1.82, 2.24) is 4.90 Å². The molecule has 0 aromatic rings. The molecule has 0 radical (unpaired) electrons. The average Bonchev–Trinajstić information content (AvgIpc) is 2.42. The lowest BCUT2D eigenvalue weighted by atomic mass is 10.3. The van der Waals surface area contributed by atoms with Gasteiger partial charge >= 0.3 is 0 Å². The number of carbonyl (C=O) groups is 2. The normalized spacial score (nSPS) is 22.1. The summed E-state index contributed by atoms with van der Waals surface area (Å²) in [7, 11) is 0. The number of hydrogen-bond donors (Lipinski definition) is 0. The predicted octanol–water partition coefficient (Wildman–Crippen LogP) is 1.67. The first kappa shape index (κ1) is 11.6. The number of unbranched alkanes of at least 4 members (excludes halogenated alkanes) is 1. The van der Waals surface area contributed by atoms with Crippen LogP contribution in [0.3, 0.4) is 0 Å². The van der Waals surface area contributed by atoms with Gasteiger partial charge in [0.05, 0.1) is 5.25 Å². The van der Waals surface area contributed by atoms with E-state index in [1.807, 2.05) is 6.92 Å². The molecule has 1 aliphatic rings. The number of nitrogens with zero attached hydrogens (tertiary/aromatic N) is 1. The Morgan fingerprint density at radius 1 is 1.43 bits per heavy atom. The van der Waals surface area contributed by atoms with Crippen molar-refractivity contribution in [2.75, 3.05) is 12.3 Å². The van der Waals surface area contributed by atoms with E-state index in [-0.39, 0.29) is 17.1 Å². The van der Waals surface area contributed by atoms with Crippen LogP contribution in [0.4, 0.5) is 0 Å². The molecule has 0 aromatic heterocycles. The molecule has 0 saturated carbocycles. The summed E-state index contributed by atoms with van der Waals surface area (Å²) in [5, 5.41) is -0.103. The van der Waals surface area contributed by atoms with Crippen LogP contribution in [0.2, 0.25) is 0 Å². The fraction of sp³-hybridized carbons (Fsp3) is 0.800. The Balaban J connectivity index is 2.41. The molecule has 1 heterocycles. The molecule has 80 valence electrons. The molecule has 4 heteroatoms. The second-order valence-corrected chi connectivity index (χ2v) is 4.70. The highest BCUT2D eigenvalue weighted by Gasteiger charge is 2.37. The van der Waals surface area contributed by atoms with E-state index in [9.17, 15) is 9.59 Å². The Hall–Kier alpha value is -0.510. The van der Waals surface area contributed by atoms with Crippen LogP contribution in [-0.4, -0.2) is 34.3 Å². The average molecular weight is 215 g/mol. The standard InChI is InChI=1S/C10H17NO2S/c1-3-5-6-14-8-7-9(12)11(4-2)10(8)13/h8H,3-7H2,1-2H3. The summed E-state index contributed by atoms with van der Waals surface area (Å²) < 4.78 is 0. The maximum atomic E-state index is 11.6. The number of likely N-dealkylation sites (tertiary alicyclic amines) is 1. The third kappa shape index (κ3) is 2.50. The van der Waals surface area contributed by atoms with Gasteiger partial charge in [0, 0.05) is 13.0 Å². The lowest BCUT2D eigenvalue weighted by Gasteiger charge is -2.11. The Bertz CT molecular complexity index is 230. The molecule has 0 spiro atoms. The molecule has 3 nitrogen and oxygen atoms in total. The van der Waals surface area contributed by atoms with Crippen molar-refractivity contribution >= 4 is 23.6 Å². The highest BCUT2D eigenvalue weighted by molar-refractivity contribution is 8.00. The Morgan fingerprint density at radius 2 is 2.14 bits per heavy atom. The van der Waals surface area contributed by atoms with Gasteiger partial charge in [-0.25, -0.2) is 0 Å². The molecule has 2 amide bonds. The maximum Gasteiger partial charge on any atom is 0.242 e. The summed E-state index contributed by atoms with van der Waals surface area (Å²) in [6.45, 7) is 4.48. The molecule has 1 unspecified atom stereocenters. The van der Waals surface area contributed by atoms with Crippen LogP contribution < -0.4 is 0 Å². The number of imide groups is 1. The minimum atomic E-state index is -0.103. The summed E-state index contributed by atoms with van der Waals surface area (Å²) in [5.74, 6) is 0.989. The van der Waals surface area contributed by atoms with Crippen LogP contribution in [0.15, 0.2) is 0 Å². The zero-order chi connectivity index (χ0) is 10.6. The molecule has 1 aliphatic heterocycles. The van der Waals surface area contributed by atoms with Gasteiger partial charge in [0.25, 0.3) is 0 Å². The van der Waals surface area contributed by atoms with Crippen molar-refractivity contribution in [3.8, 4) is 0 Å². The van der Waals surface area contributed by atoms with Gasteiger partial charge in [0.2, 0.25) is 11.8 Å². The van der Waals surface area contributed by atoms with Crippen LogP contribution in [0.25, 0.3) is 0 Å². The molecule has 1 rings (SSSR count). The Kier molecular flexibility index (Phi) is 4.45. The molecule has 14 heavy (non-hydrogen) atoms. The lowest BCUT2D eigenvalue weighted by Crippen LogP contribution is -2.30. The maximum absolute atomic E-state index is 11.6. The quantitative estimate of drug-likeness (QED) is 0.517. The van der Waals surface area contributed by atoms with Gasteiger partial charge in [-0.3, -0.25) is 14.5 Å². The van der Waals surface area contributed by atoms with Gasteiger partial charge in [-0.1, -0.05) is 13.3 Å². The monoisotopic (exact) mass is 215 g/mol. The fourth-order valence-electron chi connectivity index (χ4n) is 1.49. The number of carbonyl (C=O) groups excluding carboxylic acids is 2. The molecule has 1 saturated heterocycles. The van der Waals surface area contributed by atoms with Crippen molar-refractivity contribution in [3.05, 3.63) is 0 Å². The van der Waals surface area contributed by atoms with E-state index < -0.39 is 0 Å². The molecule has 0 bridgehead atoms. The zero-order valence-corrected chi connectivity index (χ0v) is 9.60. The predicted molar refractivity (Wildman–Crippen MR) is 58.2 cm³/mol. The Morgan fingerprint density at radius 3 is 2.64 bits per heavy atom. The lowest BCUT2D eigenvalue weighted by molar-refractivity contribution is -0.137. The van der Waals surface area contributed by atoms with E-state index >= 15 is 0 Å². The third-order valence-corrected chi connectivity index (χ3v) is 3.63. The van der Waals surface area contributed by atoms with Crippen molar-refractivity contribution in [3.63, 3.8) is 0 Å². The number of amides is 2. The second-order valence-electron chi connectivity index (χ2n) is 3.39. The van der Waals surface area contributed by atoms with Crippen LogP contribution in [0.5, 0.6) is 0 Å². The summed E-state index contributed by atoms with van der Waals surface area (Å²) in [6.07, 6.45) is 2.66. The van der Waals surface area contributed by atoms with Gasteiger partial charge in [0.1, 0.15) is 0 Å². The van der Waals surface area contributed by atoms with Gasteiger partial charge in [0.15, 0.2) is 0 Å². The van der Waals surface area contributed by atoms with E-state index in [0.29, 0.717) is 13.0 Å². The minimum absolute atomic E-state index is 0.00787. The number of thioether (sulfide) groups is 1. The summed E-state index contributed by atoms with van der Waals surface area (Å²) >= 11 is 1.63. The number of hydrogen-bond acceptors (Lipinski definition) is 3. The van der Waals surface area contributed by atoms with Gasteiger partial charge in [-0.05, 0) is 19.1 Å². The van der Waals surface area contributed by atoms with Crippen LogP contribution in [0.1, 0.15) is 33.1 Å². The molecule has 1 fully saturated rings. The van der Waals surface area contributed by atoms with Crippen LogP contribution in [-0.2, 0) is 9.59 Å². The minimum Gasteiger partial charge on any atom is -0.282 e. The topological polar surface area (TPSA) is 37.4 Å². The van der Waals surface area contributed by atoms with Crippen molar-refractivity contribution in [2.24, 2.45) is 0 Å².